The van der Waals surface area contributed by atoms with Gasteiger partial charge in [-0.25, -0.2) is 0 Å². The zero-order valence-electron chi connectivity index (χ0n) is 6.26. The van der Waals surface area contributed by atoms with Crippen molar-refractivity contribution in [2.45, 2.75) is 6.04 Å². The molecule has 0 amide bonds. The number of aliphatic carboxylic acids is 1. The van der Waals surface area contributed by atoms with Gasteiger partial charge in [0, 0.05) is 5.75 Å². The second-order valence-electron chi connectivity index (χ2n) is 1.80. The zero-order valence-corrected chi connectivity index (χ0v) is 7.89. The Hall–Kier alpha value is -0.310. The van der Waals surface area contributed by atoms with Crippen LogP contribution in [-0.4, -0.2) is 38.4 Å². The van der Waals surface area contributed by atoms with Crippen molar-refractivity contribution < 1.29 is 22.5 Å². The lowest BCUT2D eigenvalue weighted by Gasteiger charge is -2.04. The standard InChI is InChI=1S/C4H9NO5S2/c1-10-12(8,9)11-2-3(5)4(6)7/h3H,2,5H2,1H3,(H,6,7)/t3-/m0/s1. The van der Waals surface area contributed by atoms with E-state index >= 15 is 0 Å². The molecule has 0 fully saturated rings. The maximum absolute atomic E-state index is 10.6. The van der Waals surface area contributed by atoms with Crippen LogP contribution in [0.25, 0.3) is 0 Å². The van der Waals surface area contributed by atoms with Gasteiger partial charge < -0.3 is 10.8 Å². The Morgan fingerprint density at radius 3 is 2.58 bits per heavy atom. The van der Waals surface area contributed by atoms with Crippen LogP contribution >= 0.6 is 10.8 Å². The molecule has 0 aromatic heterocycles. The predicted molar refractivity (Wildman–Crippen MR) is 44.0 cm³/mol. The van der Waals surface area contributed by atoms with Crippen LogP contribution in [0.3, 0.4) is 0 Å². The Morgan fingerprint density at radius 2 is 2.25 bits per heavy atom. The summed E-state index contributed by atoms with van der Waals surface area (Å²) in [6, 6.07) is -1.19. The molecule has 0 saturated heterocycles. The first kappa shape index (κ1) is 11.7. The maximum Gasteiger partial charge on any atom is 0.321 e. The maximum atomic E-state index is 10.6. The monoisotopic (exact) mass is 215 g/mol. The first-order valence-corrected chi connectivity index (χ1v) is 5.73. The lowest BCUT2D eigenvalue weighted by atomic mass is 10.4. The van der Waals surface area contributed by atoms with Crippen LogP contribution < -0.4 is 5.73 Å². The molecule has 0 aromatic carbocycles. The molecule has 72 valence electrons. The summed E-state index contributed by atoms with van der Waals surface area (Å²) < 4.78 is 25.3. The van der Waals surface area contributed by atoms with E-state index in [2.05, 4.69) is 4.18 Å². The molecule has 0 unspecified atom stereocenters. The SMILES string of the molecule is COS(=O)(=O)SC[C@H](N)C(=O)O. The first-order chi connectivity index (χ1) is 5.39. The van der Waals surface area contributed by atoms with Gasteiger partial charge in [0.15, 0.2) is 0 Å². The molecule has 0 radical (unpaired) electrons. The molecule has 0 spiro atoms. The molecule has 8 heteroatoms. The fourth-order valence-electron chi connectivity index (χ4n) is 0.276. The van der Waals surface area contributed by atoms with Crippen LogP contribution in [0.1, 0.15) is 0 Å². The predicted octanol–water partition coefficient (Wildman–Crippen LogP) is -0.977. The van der Waals surface area contributed by atoms with Crippen molar-refractivity contribution in [1.29, 1.82) is 0 Å². The second kappa shape index (κ2) is 4.65. The van der Waals surface area contributed by atoms with E-state index in [1.807, 2.05) is 0 Å². The summed E-state index contributed by atoms with van der Waals surface area (Å²) in [5, 5.41) is 8.28. The molecular weight excluding hydrogens is 206 g/mol. The van der Waals surface area contributed by atoms with E-state index in [4.69, 9.17) is 10.8 Å². The molecule has 12 heavy (non-hydrogen) atoms. The van der Waals surface area contributed by atoms with Gasteiger partial charge in [0.25, 0.3) is 0 Å². The lowest BCUT2D eigenvalue weighted by Crippen LogP contribution is -2.32. The van der Waals surface area contributed by atoms with Crippen molar-refractivity contribution in [3.63, 3.8) is 0 Å². The van der Waals surface area contributed by atoms with Crippen molar-refractivity contribution >= 4 is 25.9 Å². The van der Waals surface area contributed by atoms with Crippen LogP contribution in [-0.2, 0) is 18.1 Å². The third-order valence-corrected chi connectivity index (χ3v) is 3.79. The number of rotatable bonds is 5. The highest BCUT2D eigenvalue weighted by molar-refractivity contribution is 8.70. The van der Waals surface area contributed by atoms with Crippen molar-refractivity contribution in [3.8, 4) is 0 Å². The van der Waals surface area contributed by atoms with Gasteiger partial charge in [-0.2, -0.15) is 8.42 Å². The zero-order chi connectivity index (χ0) is 9.78. The summed E-state index contributed by atoms with van der Waals surface area (Å²) in [6.45, 7) is 0. The Labute approximate surface area is 73.6 Å². The van der Waals surface area contributed by atoms with E-state index < -0.39 is 21.2 Å². The molecule has 0 aliphatic heterocycles. The van der Waals surface area contributed by atoms with Gasteiger partial charge in [0.05, 0.1) is 7.11 Å². The fraction of sp³-hybridized carbons (Fsp3) is 0.750. The van der Waals surface area contributed by atoms with Crippen molar-refractivity contribution in [3.05, 3.63) is 0 Å². The minimum absolute atomic E-state index is 0.231. The topological polar surface area (TPSA) is 107 Å². The van der Waals surface area contributed by atoms with Gasteiger partial charge in [0.1, 0.15) is 6.04 Å². The molecule has 0 heterocycles. The second-order valence-corrected chi connectivity index (χ2v) is 5.45. The summed E-state index contributed by atoms with van der Waals surface area (Å²) in [5.41, 5.74) is 5.04. The summed E-state index contributed by atoms with van der Waals surface area (Å²) in [7, 11) is -2.32. The molecule has 3 N–H and O–H groups in total. The Bertz CT molecular complexity index is 248. The number of nitrogens with two attached hydrogens (primary N) is 1. The number of carboxylic acids is 1. The number of hydrogen-bond acceptors (Lipinski definition) is 6. The molecule has 1 atom stereocenters. The van der Waals surface area contributed by atoms with E-state index in [0.29, 0.717) is 10.8 Å². The number of carboxylic acid groups (broad SMARTS) is 1. The first-order valence-electron chi connectivity index (χ1n) is 2.82. The average molecular weight is 215 g/mol. The van der Waals surface area contributed by atoms with E-state index in [0.717, 1.165) is 7.11 Å². The fourth-order valence-corrected chi connectivity index (χ4v) is 2.06. The largest absolute Gasteiger partial charge is 0.480 e. The molecule has 0 rings (SSSR count). The summed E-state index contributed by atoms with van der Waals surface area (Å²) in [6.07, 6.45) is 0. The smallest absolute Gasteiger partial charge is 0.321 e. The third-order valence-electron chi connectivity index (χ3n) is 0.913. The highest BCUT2D eigenvalue weighted by atomic mass is 33.1. The number of carbonyl (C=O) groups is 1. The van der Waals surface area contributed by atoms with Crippen LogP contribution in [0.5, 0.6) is 0 Å². The Morgan fingerprint density at radius 1 is 1.75 bits per heavy atom. The lowest BCUT2D eigenvalue weighted by molar-refractivity contribution is -0.137. The highest BCUT2D eigenvalue weighted by Gasteiger charge is 2.17. The third kappa shape index (κ3) is 4.54. The van der Waals surface area contributed by atoms with Gasteiger partial charge in [0.2, 0.25) is 0 Å². The Balaban J connectivity index is 3.92. The van der Waals surface area contributed by atoms with Gasteiger partial charge in [-0.05, 0) is 10.8 Å². The van der Waals surface area contributed by atoms with Gasteiger partial charge in [-0.3, -0.25) is 8.98 Å². The van der Waals surface area contributed by atoms with Crippen LogP contribution in [0.15, 0.2) is 0 Å². The molecule has 0 aliphatic rings. The van der Waals surface area contributed by atoms with Crippen molar-refractivity contribution in [2.24, 2.45) is 5.73 Å². The van der Waals surface area contributed by atoms with Crippen LogP contribution in [0.2, 0.25) is 0 Å². The van der Waals surface area contributed by atoms with Gasteiger partial charge >= 0.3 is 15.1 Å². The van der Waals surface area contributed by atoms with E-state index in [-0.39, 0.29) is 5.75 Å². The molecular formula is C4H9NO5S2. The van der Waals surface area contributed by atoms with Gasteiger partial charge in [-0.1, -0.05) is 0 Å². The molecule has 0 bridgehead atoms. The molecule has 0 aliphatic carbocycles. The minimum Gasteiger partial charge on any atom is -0.480 e. The summed E-state index contributed by atoms with van der Waals surface area (Å²) >= 11 is 0. The molecule has 0 aromatic rings. The van der Waals surface area contributed by atoms with Crippen LogP contribution in [0, 0.1) is 0 Å². The highest BCUT2D eigenvalue weighted by Crippen LogP contribution is 2.13. The van der Waals surface area contributed by atoms with E-state index in [9.17, 15) is 13.2 Å². The quantitative estimate of drug-likeness (QED) is 0.568. The van der Waals surface area contributed by atoms with E-state index in [1.165, 1.54) is 0 Å². The van der Waals surface area contributed by atoms with Crippen molar-refractivity contribution in [2.75, 3.05) is 12.9 Å². The average Bonchev–Trinajstić information content (AvgIpc) is 2.00. The van der Waals surface area contributed by atoms with Gasteiger partial charge in [-0.15, -0.1) is 0 Å². The minimum atomic E-state index is -3.67. The summed E-state index contributed by atoms with van der Waals surface area (Å²) in [5.74, 6) is -1.47. The Kier molecular flexibility index (Phi) is 4.53. The summed E-state index contributed by atoms with van der Waals surface area (Å²) in [4.78, 5) is 10.1. The van der Waals surface area contributed by atoms with Crippen LogP contribution in [0.4, 0.5) is 0 Å². The normalized spacial score (nSPS) is 14.2. The van der Waals surface area contributed by atoms with Crippen molar-refractivity contribution in [1.82, 2.24) is 0 Å². The molecule has 6 nitrogen and oxygen atoms in total. The molecule has 0 saturated carbocycles. The number of hydrogen-bond donors (Lipinski definition) is 2. The van der Waals surface area contributed by atoms with E-state index in [1.54, 1.807) is 0 Å².